The Balaban J connectivity index is 2.38. The van der Waals surface area contributed by atoms with Crippen molar-refractivity contribution in [3.63, 3.8) is 0 Å². The minimum atomic E-state index is -4.91. The Labute approximate surface area is 140 Å². The maximum absolute atomic E-state index is 12.6. The van der Waals surface area contributed by atoms with Crippen molar-refractivity contribution in [2.75, 3.05) is 5.32 Å². The Bertz CT molecular complexity index is 719. The van der Waals surface area contributed by atoms with E-state index in [0.29, 0.717) is 17.3 Å². The molecule has 120 valence electrons. The van der Waals surface area contributed by atoms with Crippen LogP contribution in [0.2, 0.25) is 0 Å². The Morgan fingerprint density at radius 3 is 2.13 bits per heavy atom. The van der Waals surface area contributed by atoms with Gasteiger partial charge in [-0.1, -0.05) is 45.8 Å². The summed E-state index contributed by atoms with van der Waals surface area (Å²) in [5.41, 5.74) is 2.14. The zero-order valence-corrected chi connectivity index (χ0v) is 13.7. The van der Waals surface area contributed by atoms with E-state index >= 15 is 0 Å². The quantitative estimate of drug-likeness (QED) is 0.721. The van der Waals surface area contributed by atoms with Crippen LogP contribution in [0.4, 0.5) is 18.9 Å². The van der Waals surface area contributed by atoms with E-state index < -0.39 is 12.0 Å². The second-order valence-corrected chi connectivity index (χ2v) is 5.83. The third-order valence-corrected chi connectivity index (χ3v) is 3.57. The highest BCUT2D eigenvalue weighted by Gasteiger charge is 2.36. The molecule has 0 fully saturated rings. The molecule has 1 N–H and O–H groups in total. The van der Waals surface area contributed by atoms with Gasteiger partial charge in [0.25, 0.3) is 5.78 Å². The fraction of sp³-hybridized carbons (Fsp3) is 0.118. The number of hydrogen-bond acceptors (Lipinski definition) is 2. The molecule has 2 nitrogen and oxygen atoms in total. The van der Waals surface area contributed by atoms with E-state index in [0.717, 1.165) is 10.0 Å². The first-order valence-corrected chi connectivity index (χ1v) is 7.47. The van der Waals surface area contributed by atoms with Gasteiger partial charge in [-0.15, -0.1) is 0 Å². The standard InChI is InChI=1S/C17H13BrF3NO/c1-11-2-4-12(5-3-11)15(10-16(23)17(19,20)21)22-14-8-6-13(18)7-9-14/h2-10,22H,1H3/b15-10-. The number of anilines is 1. The fourth-order valence-corrected chi connectivity index (χ4v) is 2.09. The van der Waals surface area contributed by atoms with Crippen molar-refractivity contribution in [1.29, 1.82) is 0 Å². The zero-order valence-electron chi connectivity index (χ0n) is 12.1. The second-order valence-electron chi connectivity index (χ2n) is 4.92. The average Bonchev–Trinajstić information content (AvgIpc) is 2.48. The first kappa shape index (κ1) is 17.3. The van der Waals surface area contributed by atoms with E-state index in [1.807, 2.05) is 6.92 Å². The van der Waals surface area contributed by atoms with Crippen LogP contribution in [0, 0.1) is 6.92 Å². The molecule has 0 atom stereocenters. The third kappa shape index (κ3) is 4.96. The van der Waals surface area contributed by atoms with Gasteiger partial charge >= 0.3 is 6.18 Å². The number of halogens is 4. The number of allylic oxidation sites excluding steroid dienone is 1. The number of carbonyl (C=O) groups is 1. The van der Waals surface area contributed by atoms with Crippen molar-refractivity contribution in [3.8, 4) is 0 Å². The number of ketones is 1. The minimum absolute atomic E-state index is 0.0923. The van der Waals surface area contributed by atoms with E-state index in [1.165, 1.54) is 0 Å². The number of rotatable bonds is 4. The highest BCUT2D eigenvalue weighted by atomic mass is 79.9. The Morgan fingerprint density at radius 2 is 1.61 bits per heavy atom. The molecule has 0 saturated carbocycles. The van der Waals surface area contributed by atoms with Crippen molar-refractivity contribution in [2.45, 2.75) is 13.1 Å². The summed E-state index contributed by atoms with van der Waals surface area (Å²) in [6, 6.07) is 13.8. The van der Waals surface area contributed by atoms with Crippen molar-refractivity contribution in [2.24, 2.45) is 0 Å². The predicted molar refractivity (Wildman–Crippen MR) is 88.0 cm³/mol. The molecule has 23 heavy (non-hydrogen) atoms. The fourth-order valence-electron chi connectivity index (χ4n) is 1.83. The van der Waals surface area contributed by atoms with Crippen LogP contribution in [0.5, 0.6) is 0 Å². The molecule has 0 spiro atoms. The number of nitrogens with one attached hydrogen (secondary N) is 1. The average molecular weight is 384 g/mol. The van der Waals surface area contributed by atoms with E-state index in [-0.39, 0.29) is 5.70 Å². The van der Waals surface area contributed by atoms with Crippen LogP contribution in [0.25, 0.3) is 5.70 Å². The van der Waals surface area contributed by atoms with Gasteiger partial charge < -0.3 is 5.32 Å². The van der Waals surface area contributed by atoms with Gasteiger partial charge in [0.15, 0.2) is 0 Å². The van der Waals surface area contributed by atoms with Gasteiger partial charge in [-0.3, -0.25) is 4.79 Å². The molecular formula is C17H13BrF3NO. The normalized spacial score (nSPS) is 12.1. The Kier molecular flexibility index (Phi) is 5.26. The summed E-state index contributed by atoms with van der Waals surface area (Å²) < 4.78 is 38.5. The third-order valence-electron chi connectivity index (χ3n) is 3.04. The largest absolute Gasteiger partial charge is 0.454 e. The van der Waals surface area contributed by atoms with Gasteiger partial charge in [0, 0.05) is 21.9 Å². The molecule has 0 radical (unpaired) electrons. The van der Waals surface area contributed by atoms with Gasteiger partial charge in [0.1, 0.15) is 0 Å². The summed E-state index contributed by atoms with van der Waals surface area (Å²) in [5, 5.41) is 2.86. The molecule has 0 aliphatic heterocycles. The number of benzene rings is 2. The Hall–Kier alpha value is -2.08. The number of alkyl halides is 3. The maximum atomic E-state index is 12.6. The van der Waals surface area contributed by atoms with Crippen LogP contribution in [0.15, 0.2) is 59.1 Å². The molecule has 2 aromatic carbocycles. The second kappa shape index (κ2) is 7.00. The summed E-state index contributed by atoms with van der Waals surface area (Å²) in [6.45, 7) is 1.87. The summed E-state index contributed by atoms with van der Waals surface area (Å²) in [6.07, 6.45) is -4.33. The number of carbonyl (C=O) groups excluding carboxylic acids is 1. The highest BCUT2D eigenvalue weighted by molar-refractivity contribution is 9.10. The summed E-state index contributed by atoms with van der Waals surface area (Å²) in [4.78, 5) is 11.3. The van der Waals surface area contributed by atoms with E-state index in [2.05, 4.69) is 21.2 Å². The van der Waals surface area contributed by atoms with E-state index in [1.54, 1.807) is 48.5 Å². The first-order chi connectivity index (χ1) is 10.8. The van der Waals surface area contributed by atoms with Gasteiger partial charge in [0.05, 0.1) is 0 Å². The molecule has 0 bridgehead atoms. The molecule has 0 aromatic heterocycles. The topological polar surface area (TPSA) is 29.1 Å². The molecule has 0 heterocycles. The van der Waals surface area contributed by atoms with Crippen molar-refractivity contribution < 1.29 is 18.0 Å². The predicted octanol–water partition coefficient (Wildman–Crippen LogP) is 5.34. The van der Waals surface area contributed by atoms with Crippen LogP contribution in [-0.4, -0.2) is 12.0 Å². The van der Waals surface area contributed by atoms with E-state index in [9.17, 15) is 18.0 Å². The van der Waals surface area contributed by atoms with Gasteiger partial charge in [0.2, 0.25) is 0 Å². The smallest absolute Gasteiger partial charge is 0.355 e. The van der Waals surface area contributed by atoms with Crippen LogP contribution < -0.4 is 5.32 Å². The molecule has 0 amide bonds. The number of hydrogen-bond donors (Lipinski definition) is 1. The van der Waals surface area contributed by atoms with Crippen molar-refractivity contribution >= 4 is 33.1 Å². The van der Waals surface area contributed by atoms with Crippen LogP contribution >= 0.6 is 15.9 Å². The lowest BCUT2D eigenvalue weighted by molar-refractivity contribution is -0.165. The molecule has 0 saturated heterocycles. The zero-order chi connectivity index (χ0) is 17.0. The lowest BCUT2D eigenvalue weighted by atomic mass is 10.1. The number of aryl methyl sites for hydroxylation is 1. The van der Waals surface area contributed by atoms with Gasteiger partial charge in [-0.25, -0.2) is 0 Å². The summed E-state index contributed by atoms with van der Waals surface area (Å²) in [7, 11) is 0. The molecule has 2 aromatic rings. The lowest BCUT2D eigenvalue weighted by Crippen LogP contribution is -2.21. The maximum Gasteiger partial charge on any atom is 0.454 e. The lowest BCUT2D eigenvalue weighted by Gasteiger charge is -2.13. The highest BCUT2D eigenvalue weighted by Crippen LogP contribution is 2.24. The minimum Gasteiger partial charge on any atom is -0.355 e. The van der Waals surface area contributed by atoms with Crippen LogP contribution in [0.1, 0.15) is 11.1 Å². The van der Waals surface area contributed by atoms with Crippen LogP contribution in [0.3, 0.4) is 0 Å². The molecule has 2 rings (SSSR count). The van der Waals surface area contributed by atoms with Crippen LogP contribution in [-0.2, 0) is 4.79 Å². The van der Waals surface area contributed by atoms with Crippen molar-refractivity contribution in [1.82, 2.24) is 0 Å². The first-order valence-electron chi connectivity index (χ1n) is 6.68. The molecule has 0 unspecified atom stereocenters. The molecule has 6 heteroatoms. The van der Waals surface area contributed by atoms with Crippen molar-refractivity contribution in [3.05, 3.63) is 70.2 Å². The molecule has 0 aliphatic rings. The molecular weight excluding hydrogens is 371 g/mol. The SMILES string of the molecule is Cc1ccc(/C(=C/C(=O)C(F)(F)F)Nc2ccc(Br)cc2)cc1. The molecule has 0 aliphatic carbocycles. The summed E-state index contributed by atoms with van der Waals surface area (Å²) in [5.74, 6) is -1.90. The van der Waals surface area contributed by atoms with Gasteiger partial charge in [-0.2, -0.15) is 13.2 Å². The van der Waals surface area contributed by atoms with E-state index in [4.69, 9.17) is 0 Å². The van der Waals surface area contributed by atoms with Gasteiger partial charge in [-0.05, 0) is 36.8 Å². The summed E-state index contributed by atoms with van der Waals surface area (Å²) >= 11 is 3.29. The Morgan fingerprint density at radius 1 is 1.04 bits per heavy atom. The monoisotopic (exact) mass is 383 g/mol.